The van der Waals surface area contributed by atoms with Gasteiger partial charge < -0.3 is 10.6 Å². The van der Waals surface area contributed by atoms with E-state index in [0.29, 0.717) is 10.8 Å². The van der Waals surface area contributed by atoms with Crippen LogP contribution in [0, 0.1) is 12.7 Å². The van der Waals surface area contributed by atoms with Crippen molar-refractivity contribution in [2.45, 2.75) is 23.5 Å². The summed E-state index contributed by atoms with van der Waals surface area (Å²) in [5, 5.41) is 5.58. The van der Waals surface area contributed by atoms with Crippen molar-refractivity contribution in [2.75, 3.05) is 10.6 Å². The number of benzene rings is 2. The summed E-state index contributed by atoms with van der Waals surface area (Å²) in [7, 11) is 0. The Morgan fingerprint density at radius 3 is 2.75 bits per heavy atom. The molecule has 0 fully saturated rings. The molecule has 142 valence electrons. The van der Waals surface area contributed by atoms with Crippen LogP contribution in [0.3, 0.4) is 0 Å². The zero-order valence-corrected chi connectivity index (χ0v) is 16.5. The number of thioether (sulfide) groups is 1. The molecule has 2 N–H and O–H groups in total. The fraction of sp³-hybridized carbons (Fsp3) is 0.150. The smallest absolute Gasteiger partial charge is 0.238 e. The summed E-state index contributed by atoms with van der Waals surface area (Å²) >= 11 is 2.73. The molecule has 0 bridgehead atoms. The fourth-order valence-corrected chi connectivity index (χ4v) is 4.85. The minimum absolute atomic E-state index is 0.0509. The van der Waals surface area contributed by atoms with Crippen LogP contribution < -0.4 is 10.6 Å². The van der Waals surface area contributed by atoms with E-state index in [1.807, 2.05) is 31.2 Å². The highest BCUT2D eigenvalue weighted by atomic mass is 32.2. The number of thiazole rings is 1. The molecule has 1 unspecified atom stereocenters. The molecule has 8 heteroatoms. The first-order chi connectivity index (χ1) is 13.5. The number of hydrogen-bond donors (Lipinski definition) is 2. The molecular weight excluding hydrogens is 397 g/mol. The topological polar surface area (TPSA) is 71.1 Å². The predicted octanol–water partition coefficient (Wildman–Crippen LogP) is 4.70. The Morgan fingerprint density at radius 2 is 1.96 bits per heavy atom. The van der Waals surface area contributed by atoms with Crippen molar-refractivity contribution in [3.63, 3.8) is 0 Å². The van der Waals surface area contributed by atoms with Gasteiger partial charge in [-0.2, -0.15) is 0 Å². The van der Waals surface area contributed by atoms with Crippen molar-refractivity contribution in [1.82, 2.24) is 4.98 Å². The number of nitrogens with zero attached hydrogens (tertiary/aromatic N) is 1. The van der Waals surface area contributed by atoms with E-state index in [-0.39, 0.29) is 24.1 Å². The van der Waals surface area contributed by atoms with Gasteiger partial charge in [0.05, 0.1) is 16.6 Å². The second-order valence-corrected chi connectivity index (χ2v) is 8.72. The van der Waals surface area contributed by atoms with E-state index in [1.165, 1.54) is 35.2 Å². The third kappa shape index (κ3) is 3.93. The van der Waals surface area contributed by atoms with E-state index in [4.69, 9.17) is 0 Å². The van der Waals surface area contributed by atoms with Crippen LogP contribution in [0.2, 0.25) is 0 Å². The largest absolute Gasteiger partial charge is 0.324 e. The zero-order chi connectivity index (χ0) is 19.7. The lowest BCUT2D eigenvalue weighted by Crippen LogP contribution is -2.32. The number of hydrogen-bond acceptors (Lipinski definition) is 5. The van der Waals surface area contributed by atoms with Gasteiger partial charge in [0.15, 0.2) is 5.13 Å². The number of carbonyl (C=O) groups is 2. The van der Waals surface area contributed by atoms with Gasteiger partial charge in [-0.1, -0.05) is 12.1 Å². The average Bonchev–Trinajstić information content (AvgIpc) is 3.03. The normalized spacial score (nSPS) is 15.6. The lowest BCUT2D eigenvalue weighted by molar-refractivity contribution is -0.120. The Morgan fingerprint density at radius 1 is 1.21 bits per heavy atom. The van der Waals surface area contributed by atoms with Crippen LogP contribution in [-0.2, 0) is 9.59 Å². The highest BCUT2D eigenvalue weighted by Gasteiger charge is 2.29. The number of halogens is 1. The lowest BCUT2D eigenvalue weighted by atomic mass is 10.1. The van der Waals surface area contributed by atoms with E-state index in [0.717, 1.165) is 21.0 Å². The first-order valence-electron chi connectivity index (χ1n) is 8.59. The van der Waals surface area contributed by atoms with Gasteiger partial charge in [0.2, 0.25) is 11.8 Å². The SMILES string of the molecule is Cc1sc(NC(=O)CC2Sc3ccccc3NC2=O)nc1-c1ccc(F)cc1. The number of aryl methyl sites for hydroxylation is 1. The van der Waals surface area contributed by atoms with E-state index in [1.54, 1.807) is 12.1 Å². The van der Waals surface area contributed by atoms with E-state index < -0.39 is 5.25 Å². The third-order valence-electron chi connectivity index (χ3n) is 4.24. The van der Waals surface area contributed by atoms with Crippen molar-refractivity contribution in [1.29, 1.82) is 0 Å². The molecular formula is C20H16FN3O2S2. The molecule has 2 aromatic carbocycles. The highest BCUT2D eigenvalue weighted by Crippen LogP contribution is 2.37. The van der Waals surface area contributed by atoms with Gasteiger partial charge in [0.1, 0.15) is 5.82 Å². The zero-order valence-electron chi connectivity index (χ0n) is 14.9. The van der Waals surface area contributed by atoms with Gasteiger partial charge >= 0.3 is 0 Å². The summed E-state index contributed by atoms with van der Waals surface area (Å²) in [5.41, 5.74) is 2.27. The van der Waals surface area contributed by atoms with Crippen molar-refractivity contribution < 1.29 is 14.0 Å². The monoisotopic (exact) mass is 413 g/mol. The number of anilines is 2. The quantitative estimate of drug-likeness (QED) is 0.650. The molecule has 1 aromatic heterocycles. The van der Waals surface area contributed by atoms with Crippen LogP contribution in [0.1, 0.15) is 11.3 Å². The van der Waals surface area contributed by atoms with Gasteiger partial charge in [0, 0.05) is 21.8 Å². The van der Waals surface area contributed by atoms with Crippen LogP contribution in [0.15, 0.2) is 53.4 Å². The van der Waals surface area contributed by atoms with E-state index in [2.05, 4.69) is 15.6 Å². The lowest BCUT2D eigenvalue weighted by Gasteiger charge is -2.23. The van der Waals surface area contributed by atoms with Crippen molar-refractivity contribution in [3.05, 3.63) is 59.2 Å². The molecule has 5 nitrogen and oxygen atoms in total. The van der Waals surface area contributed by atoms with Gasteiger partial charge in [0.25, 0.3) is 0 Å². The van der Waals surface area contributed by atoms with Gasteiger partial charge in [-0.15, -0.1) is 23.1 Å². The standard InChI is InChI=1S/C20H16FN3O2S2/c1-11-18(12-6-8-13(21)9-7-12)24-20(27-11)23-17(25)10-16-19(26)22-14-4-2-3-5-15(14)28-16/h2-9,16H,10H2,1H3,(H,22,26)(H,23,24,25). The van der Waals surface area contributed by atoms with Crippen molar-refractivity contribution in [2.24, 2.45) is 0 Å². The fourth-order valence-electron chi connectivity index (χ4n) is 2.89. The number of amides is 2. The number of rotatable bonds is 4. The van der Waals surface area contributed by atoms with Gasteiger partial charge in [-0.3, -0.25) is 9.59 Å². The highest BCUT2D eigenvalue weighted by molar-refractivity contribution is 8.01. The van der Waals surface area contributed by atoms with Crippen LogP contribution in [0.4, 0.5) is 15.2 Å². The molecule has 0 saturated carbocycles. The third-order valence-corrected chi connectivity index (χ3v) is 6.40. The Hall–Kier alpha value is -2.71. The van der Waals surface area contributed by atoms with Crippen molar-refractivity contribution >= 4 is 45.7 Å². The molecule has 3 aromatic rings. The summed E-state index contributed by atoms with van der Waals surface area (Å²) in [6, 6.07) is 13.6. The van der Waals surface area contributed by atoms with Gasteiger partial charge in [-0.05, 0) is 43.3 Å². The first-order valence-corrected chi connectivity index (χ1v) is 10.3. The molecule has 2 heterocycles. The van der Waals surface area contributed by atoms with Crippen LogP contribution in [-0.4, -0.2) is 22.0 Å². The van der Waals surface area contributed by atoms with Gasteiger partial charge in [-0.25, -0.2) is 9.37 Å². The molecule has 4 rings (SSSR count). The summed E-state index contributed by atoms with van der Waals surface area (Å²) < 4.78 is 13.1. The number of fused-ring (bicyclic) bond motifs is 1. The minimum atomic E-state index is -0.493. The van der Waals surface area contributed by atoms with Crippen molar-refractivity contribution in [3.8, 4) is 11.3 Å². The number of para-hydroxylation sites is 1. The van der Waals surface area contributed by atoms with Crippen LogP contribution in [0.5, 0.6) is 0 Å². The molecule has 1 aliphatic rings. The van der Waals surface area contributed by atoms with Crippen LogP contribution >= 0.6 is 23.1 Å². The van der Waals surface area contributed by atoms with E-state index in [9.17, 15) is 14.0 Å². The second-order valence-electron chi connectivity index (χ2n) is 6.27. The summed E-state index contributed by atoms with van der Waals surface area (Å²) in [6.07, 6.45) is 0.0509. The Labute approximate surface area is 169 Å². The molecule has 0 spiro atoms. The van der Waals surface area contributed by atoms with Crippen LogP contribution in [0.25, 0.3) is 11.3 Å². The average molecular weight is 413 g/mol. The molecule has 28 heavy (non-hydrogen) atoms. The number of aromatic nitrogens is 1. The number of carbonyl (C=O) groups excluding carboxylic acids is 2. The summed E-state index contributed by atoms with van der Waals surface area (Å²) in [5.74, 6) is -0.761. The molecule has 0 aliphatic carbocycles. The molecule has 1 atom stereocenters. The Kier molecular flexibility index (Phi) is 5.15. The molecule has 0 radical (unpaired) electrons. The number of nitrogens with one attached hydrogen (secondary N) is 2. The first kappa shape index (κ1) is 18.6. The van der Waals surface area contributed by atoms with E-state index >= 15 is 0 Å². The predicted molar refractivity (Wildman–Crippen MR) is 110 cm³/mol. The Balaban J connectivity index is 1.44. The maximum atomic E-state index is 13.1. The minimum Gasteiger partial charge on any atom is -0.324 e. The maximum Gasteiger partial charge on any atom is 0.238 e. The maximum absolute atomic E-state index is 13.1. The molecule has 1 aliphatic heterocycles. The summed E-state index contributed by atoms with van der Waals surface area (Å²) in [4.78, 5) is 31.0. The molecule has 0 saturated heterocycles. The second kappa shape index (κ2) is 7.73. The molecule has 2 amide bonds. The Bertz CT molecular complexity index is 1050. The summed E-state index contributed by atoms with van der Waals surface area (Å²) in [6.45, 7) is 1.90.